The topological polar surface area (TPSA) is 51.4 Å². The van der Waals surface area contributed by atoms with E-state index < -0.39 is 0 Å². The summed E-state index contributed by atoms with van der Waals surface area (Å²) in [6, 6.07) is 0. The molecule has 0 N–H and O–H groups in total. The van der Waals surface area contributed by atoms with Gasteiger partial charge in [-0.3, -0.25) is 4.79 Å². The van der Waals surface area contributed by atoms with E-state index in [-0.39, 0.29) is 12.1 Å². The molecule has 0 saturated carbocycles. The molecule has 3 rings (SSSR count). The highest BCUT2D eigenvalue weighted by molar-refractivity contribution is 5.74. The average Bonchev–Trinajstić information content (AvgIpc) is 2.81. The molecule has 3 aliphatic rings. The third-order valence-corrected chi connectivity index (χ3v) is 1.92. The molecule has 0 aromatic heterocycles. The Morgan fingerprint density at radius 1 is 1.25 bits per heavy atom. The van der Waals surface area contributed by atoms with Crippen molar-refractivity contribution in [1.29, 1.82) is 0 Å². The summed E-state index contributed by atoms with van der Waals surface area (Å²) in [4.78, 5) is 9.89. The first kappa shape index (κ1) is 8.01. The van der Waals surface area contributed by atoms with Crippen molar-refractivity contribution < 1.29 is 19.0 Å². The lowest BCUT2D eigenvalue weighted by Gasteiger charge is -2.20. The van der Waals surface area contributed by atoms with Gasteiger partial charge in [0.15, 0.2) is 0 Å². The lowest BCUT2D eigenvalue weighted by Crippen LogP contribution is -2.29. The van der Waals surface area contributed by atoms with Gasteiger partial charge in [0.25, 0.3) is 0 Å². The molecule has 0 radical (unpaired) electrons. The van der Waals surface area contributed by atoms with Crippen molar-refractivity contribution >= 4 is 5.97 Å². The van der Waals surface area contributed by atoms with E-state index in [0.29, 0.717) is 18.6 Å². The second-order valence-corrected chi connectivity index (χ2v) is 3.25. The quantitative estimate of drug-likeness (QED) is 0.416. The van der Waals surface area contributed by atoms with Crippen LogP contribution in [0.3, 0.4) is 0 Å². The fourth-order valence-electron chi connectivity index (χ4n) is 0.990. The zero-order valence-electron chi connectivity index (χ0n) is 6.99. The van der Waals surface area contributed by atoms with Gasteiger partial charge in [-0.1, -0.05) is 0 Å². The zero-order valence-corrected chi connectivity index (χ0v) is 6.99. The Morgan fingerprint density at radius 2 is 1.67 bits per heavy atom. The molecule has 3 unspecified atom stereocenters. The van der Waals surface area contributed by atoms with Crippen molar-refractivity contribution in [3.8, 4) is 0 Å². The van der Waals surface area contributed by atoms with Gasteiger partial charge in [-0.25, -0.2) is 0 Å². The molecule has 3 fully saturated rings. The van der Waals surface area contributed by atoms with Crippen molar-refractivity contribution in [2.24, 2.45) is 0 Å². The number of carbonyl (C=O) groups excluding carboxylic acids is 1. The number of cyclic esters (lactones) is 1. The summed E-state index contributed by atoms with van der Waals surface area (Å²) < 4.78 is 14.3. The van der Waals surface area contributed by atoms with E-state index in [1.54, 1.807) is 0 Å². The molecule has 0 amide bonds. The standard InChI is InChI=1S/2C4H6O2/c1-3(5-1)4-2-6-4;1-3-2-4(5)6-3/h3-4H,1-2H2;3H,2H2,1H3. The van der Waals surface area contributed by atoms with Crippen LogP contribution in [0.4, 0.5) is 0 Å². The van der Waals surface area contributed by atoms with E-state index in [2.05, 4.69) is 4.74 Å². The van der Waals surface area contributed by atoms with Crippen LogP contribution in [0, 0.1) is 0 Å². The van der Waals surface area contributed by atoms with Crippen LogP contribution in [0.1, 0.15) is 13.3 Å². The van der Waals surface area contributed by atoms with Crippen molar-refractivity contribution in [1.82, 2.24) is 0 Å². The average molecular weight is 172 g/mol. The summed E-state index contributed by atoms with van der Waals surface area (Å²) in [6.45, 7) is 3.75. The maximum atomic E-state index is 9.89. The molecule has 0 spiro atoms. The highest BCUT2D eigenvalue weighted by Gasteiger charge is 2.41. The van der Waals surface area contributed by atoms with E-state index in [1.165, 1.54) is 0 Å². The molecule has 4 heteroatoms. The van der Waals surface area contributed by atoms with Crippen LogP contribution in [-0.4, -0.2) is 37.5 Å². The number of rotatable bonds is 1. The van der Waals surface area contributed by atoms with Crippen molar-refractivity contribution in [3.63, 3.8) is 0 Å². The molecule has 3 aliphatic heterocycles. The molecule has 0 aromatic rings. The van der Waals surface area contributed by atoms with Crippen LogP contribution in [0.5, 0.6) is 0 Å². The van der Waals surface area contributed by atoms with Gasteiger partial charge in [-0.2, -0.15) is 0 Å². The number of epoxide rings is 2. The SMILES string of the molecule is C1OC1C1CO1.CC1CC(=O)O1. The summed E-state index contributed by atoms with van der Waals surface area (Å²) in [6.07, 6.45) is 1.78. The van der Waals surface area contributed by atoms with Crippen molar-refractivity contribution in [2.45, 2.75) is 31.7 Å². The predicted octanol–water partition coefficient (Wildman–Crippen LogP) is 0.106. The number of ether oxygens (including phenoxy) is 3. The van der Waals surface area contributed by atoms with E-state index in [4.69, 9.17) is 9.47 Å². The van der Waals surface area contributed by atoms with E-state index in [1.807, 2.05) is 6.92 Å². The normalized spacial score (nSPS) is 41.8. The smallest absolute Gasteiger partial charge is 0.309 e. The minimum atomic E-state index is -0.0671. The van der Waals surface area contributed by atoms with E-state index >= 15 is 0 Å². The second-order valence-electron chi connectivity index (χ2n) is 3.25. The predicted molar refractivity (Wildman–Crippen MR) is 39.7 cm³/mol. The Morgan fingerprint density at radius 3 is 1.75 bits per heavy atom. The summed E-state index contributed by atoms with van der Waals surface area (Å²) >= 11 is 0. The molecule has 0 aliphatic carbocycles. The van der Waals surface area contributed by atoms with Crippen molar-refractivity contribution in [3.05, 3.63) is 0 Å². The molecular weight excluding hydrogens is 160 g/mol. The van der Waals surface area contributed by atoms with E-state index in [9.17, 15) is 4.79 Å². The lowest BCUT2D eigenvalue weighted by atomic mass is 10.2. The van der Waals surface area contributed by atoms with Crippen LogP contribution in [0.25, 0.3) is 0 Å². The minimum absolute atomic E-state index is 0.0671. The van der Waals surface area contributed by atoms with Crippen LogP contribution in [0.2, 0.25) is 0 Å². The van der Waals surface area contributed by atoms with Gasteiger partial charge in [0.2, 0.25) is 0 Å². The van der Waals surface area contributed by atoms with Crippen LogP contribution in [0.15, 0.2) is 0 Å². The largest absolute Gasteiger partial charge is 0.462 e. The van der Waals surface area contributed by atoms with Gasteiger partial charge in [-0.05, 0) is 6.92 Å². The molecular formula is C8H12O4. The Hall–Kier alpha value is -0.610. The third kappa shape index (κ3) is 2.19. The first-order valence-corrected chi connectivity index (χ1v) is 4.18. The van der Waals surface area contributed by atoms with Crippen molar-refractivity contribution in [2.75, 3.05) is 13.2 Å². The highest BCUT2D eigenvalue weighted by atomic mass is 16.6. The monoisotopic (exact) mass is 172 g/mol. The Kier molecular flexibility index (Phi) is 2.02. The Labute approximate surface area is 70.8 Å². The summed E-state index contributed by atoms with van der Waals surface area (Å²) in [7, 11) is 0. The lowest BCUT2D eigenvalue weighted by molar-refractivity contribution is -0.167. The zero-order chi connectivity index (χ0) is 8.55. The molecule has 3 saturated heterocycles. The van der Waals surface area contributed by atoms with Crippen LogP contribution < -0.4 is 0 Å². The molecule has 0 aromatic carbocycles. The van der Waals surface area contributed by atoms with Gasteiger partial charge in [0.05, 0.1) is 19.6 Å². The van der Waals surface area contributed by atoms with Gasteiger partial charge in [0.1, 0.15) is 18.3 Å². The van der Waals surface area contributed by atoms with Gasteiger partial charge in [0, 0.05) is 0 Å². The molecule has 68 valence electrons. The summed E-state index contributed by atoms with van der Waals surface area (Å²) in [5.74, 6) is -0.0671. The molecule has 4 nitrogen and oxygen atoms in total. The Bertz CT molecular complexity index is 165. The van der Waals surface area contributed by atoms with Crippen LogP contribution in [-0.2, 0) is 19.0 Å². The number of carbonyl (C=O) groups is 1. The fourth-order valence-corrected chi connectivity index (χ4v) is 0.990. The molecule has 0 bridgehead atoms. The molecule has 3 atom stereocenters. The highest BCUT2D eigenvalue weighted by Crippen LogP contribution is 2.25. The molecule has 3 heterocycles. The number of esters is 1. The summed E-state index contributed by atoms with van der Waals surface area (Å²) in [5, 5.41) is 0. The minimum Gasteiger partial charge on any atom is -0.462 e. The summed E-state index contributed by atoms with van der Waals surface area (Å²) in [5.41, 5.74) is 0. The number of hydrogen-bond donors (Lipinski definition) is 0. The first-order chi connectivity index (χ1) is 5.75. The second kappa shape index (κ2) is 3.03. The maximum Gasteiger partial charge on any atom is 0.309 e. The van der Waals surface area contributed by atoms with Gasteiger partial charge < -0.3 is 14.2 Å². The maximum absolute atomic E-state index is 9.89. The van der Waals surface area contributed by atoms with E-state index in [0.717, 1.165) is 13.2 Å². The number of hydrogen-bond acceptors (Lipinski definition) is 4. The van der Waals surface area contributed by atoms with Crippen LogP contribution >= 0.6 is 0 Å². The third-order valence-electron chi connectivity index (χ3n) is 1.92. The first-order valence-electron chi connectivity index (χ1n) is 4.18. The fraction of sp³-hybridized carbons (Fsp3) is 0.875. The Balaban J connectivity index is 0.0000000939. The van der Waals surface area contributed by atoms with Gasteiger partial charge in [-0.15, -0.1) is 0 Å². The van der Waals surface area contributed by atoms with Gasteiger partial charge >= 0.3 is 5.97 Å². The molecule has 12 heavy (non-hydrogen) atoms.